The lowest BCUT2D eigenvalue weighted by Gasteiger charge is -2.17. The molecule has 15 heavy (non-hydrogen) atoms. The molecule has 1 aliphatic rings. The summed E-state index contributed by atoms with van der Waals surface area (Å²) in [6, 6.07) is 6.15. The molecule has 2 heterocycles. The van der Waals surface area contributed by atoms with Crippen LogP contribution in [0.4, 0.5) is 5.82 Å². The van der Waals surface area contributed by atoms with E-state index in [1.54, 1.807) is 13.1 Å². The van der Waals surface area contributed by atoms with Crippen molar-refractivity contribution in [2.24, 2.45) is 0 Å². The number of rotatable bonds is 2. The van der Waals surface area contributed by atoms with Crippen molar-refractivity contribution in [3.63, 3.8) is 0 Å². The Kier molecular flexibility index (Phi) is 2.85. The molecule has 0 bridgehead atoms. The molecule has 0 spiro atoms. The molecule has 1 aliphatic heterocycles. The van der Waals surface area contributed by atoms with Gasteiger partial charge in [0.25, 0.3) is 0 Å². The van der Waals surface area contributed by atoms with Crippen LogP contribution in [-0.4, -0.2) is 30.0 Å². The number of hydrogen-bond donors (Lipinski definition) is 1. The van der Waals surface area contributed by atoms with Crippen molar-refractivity contribution in [1.29, 1.82) is 0 Å². The van der Waals surface area contributed by atoms with Crippen LogP contribution in [0.1, 0.15) is 13.3 Å². The number of amides is 1. The number of carbonyl (C=O) groups excluding carboxylic acids is 1. The average Bonchev–Trinajstić information content (AvgIpc) is 2.67. The van der Waals surface area contributed by atoms with E-state index in [2.05, 4.69) is 15.2 Å². The SMILES string of the molecule is CC(=O)NC1CCN(c2ccccn2)C1. The molecule has 1 saturated heterocycles. The van der Waals surface area contributed by atoms with E-state index in [9.17, 15) is 4.79 Å². The third-order valence-electron chi connectivity index (χ3n) is 2.57. The molecule has 4 nitrogen and oxygen atoms in total. The highest BCUT2D eigenvalue weighted by Gasteiger charge is 2.23. The van der Waals surface area contributed by atoms with E-state index in [1.807, 2.05) is 18.2 Å². The summed E-state index contributed by atoms with van der Waals surface area (Å²) in [6.07, 6.45) is 2.79. The molecule has 1 atom stereocenters. The highest BCUT2D eigenvalue weighted by atomic mass is 16.1. The number of carbonyl (C=O) groups is 1. The topological polar surface area (TPSA) is 45.2 Å². The van der Waals surface area contributed by atoms with E-state index in [0.717, 1.165) is 25.3 Å². The molecule has 1 aromatic rings. The molecule has 1 N–H and O–H groups in total. The summed E-state index contributed by atoms with van der Waals surface area (Å²) < 4.78 is 0. The van der Waals surface area contributed by atoms with Crippen molar-refractivity contribution in [3.8, 4) is 0 Å². The third kappa shape index (κ3) is 2.46. The maximum Gasteiger partial charge on any atom is 0.217 e. The summed E-state index contributed by atoms with van der Waals surface area (Å²) in [5.41, 5.74) is 0. The third-order valence-corrected chi connectivity index (χ3v) is 2.57. The van der Waals surface area contributed by atoms with Crippen molar-refractivity contribution >= 4 is 11.7 Å². The summed E-state index contributed by atoms with van der Waals surface area (Å²) in [5, 5.41) is 2.93. The first kappa shape index (κ1) is 9.96. The molecule has 4 heteroatoms. The smallest absolute Gasteiger partial charge is 0.217 e. The Morgan fingerprint density at radius 3 is 3.13 bits per heavy atom. The zero-order valence-electron chi connectivity index (χ0n) is 8.81. The maximum absolute atomic E-state index is 10.9. The first-order valence-corrected chi connectivity index (χ1v) is 5.19. The zero-order chi connectivity index (χ0) is 10.7. The van der Waals surface area contributed by atoms with E-state index in [1.165, 1.54) is 0 Å². The normalized spacial score (nSPS) is 20.3. The molecule has 0 saturated carbocycles. The second kappa shape index (κ2) is 4.29. The van der Waals surface area contributed by atoms with Crippen LogP contribution in [0.5, 0.6) is 0 Å². The lowest BCUT2D eigenvalue weighted by Crippen LogP contribution is -2.35. The molecule has 1 amide bonds. The van der Waals surface area contributed by atoms with Gasteiger partial charge in [0, 0.05) is 32.3 Å². The number of nitrogens with one attached hydrogen (secondary N) is 1. The quantitative estimate of drug-likeness (QED) is 0.776. The molecule has 0 aromatic carbocycles. The van der Waals surface area contributed by atoms with Gasteiger partial charge in [-0.25, -0.2) is 4.98 Å². The summed E-state index contributed by atoms with van der Waals surface area (Å²) in [4.78, 5) is 17.4. The highest BCUT2D eigenvalue weighted by molar-refractivity contribution is 5.73. The minimum atomic E-state index is 0.0443. The number of nitrogens with zero attached hydrogens (tertiary/aromatic N) is 2. The average molecular weight is 205 g/mol. The van der Waals surface area contributed by atoms with Gasteiger partial charge in [0.2, 0.25) is 5.91 Å². The Hall–Kier alpha value is -1.58. The summed E-state index contributed by atoms with van der Waals surface area (Å²) in [5.74, 6) is 1.04. The van der Waals surface area contributed by atoms with Gasteiger partial charge in [-0.15, -0.1) is 0 Å². The standard InChI is InChI=1S/C11H15N3O/c1-9(15)13-10-5-7-14(8-10)11-4-2-3-6-12-11/h2-4,6,10H,5,7-8H2,1H3,(H,13,15). The Balaban J connectivity index is 1.96. The van der Waals surface area contributed by atoms with Crippen LogP contribution in [0.3, 0.4) is 0 Å². The predicted molar refractivity (Wildman–Crippen MR) is 58.7 cm³/mol. The van der Waals surface area contributed by atoms with Crippen LogP contribution in [0.25, 0.3) is 0 Å². The Morgan fingerprint density at radius 1 is 1.60 bits per heavy atom. The van der Waals surface area contributed by atoms with Gasteiger partial charge in [-0.2, -0.15) is 0 Å². The fraction of sp³-hybridized carbons (Fsp3) is 0.455. The van der Waals surface area contributed by atoms with E-state index in [4.69, 9.17) is 0 Å². The molecular formula is C11H15N3O. The minimum Gasteiger partial charge on any atom is -0.354 e. The molecule has 2 rings (SSSR count). The Bertz CT molecular complexity index is 339. The fourth-order valence-corrected chi connectivity index (χ4v) is 1.91. The molecule has 0 aliphatic carbocycles. The molecule has 1 unspecified atom stereocenters. The van der Waals surface area contributed by atoms with Crippen LogP contribution in [-0.2, 0) is 4.79 Å². The first-order chi connectivity index (χ1) is 7.25. The van der Waals surface area contributed by atoms with Gasteiger partial charge < -0.3 is 10.2 Å². The van der Waals surface area contributed by atoms with Gasteiger partial charge >= 0.3 is 0 Å². The Labute approximate surface area is 89.3 Å². The highest BCUT2D eigenvalue weighted by Crippen LogP contribution is 2.16. The molecule has 80 valence electrons. The maximum atomic E-state index is 10.9. The minimum absolute atomic E-state index is 0.0443. The second-order valence-electron chi connectivity index (χ2n) is 3.82. The van der Waals surface area contributed by atoms with Crippen LogP contribution >= 0.6 is 0 Å². The van der Waals surface area contributed by atoms with Crippen molar-refractivity contribution in [2.75, 3.05) is 18.0 Å². The van der Waals surface area contributed by atoms with Gasteiger partial charge in [-0.05, 0) is 18.6 Å². The molecule has 1 aromatic heterocycles. The second-order valence-corrected chi connectivity index (χ2v) is 3.82. The van der Waals surface area contributed by atoms with Gasteiger partial charge in [0.1, 0.15) is 5.82 Å². The number of pyridine rings is 1. The zero-order valence-corrected chi connectivity index (χ0v) is 8.81. The van der Waals surface area contributed by atoms with Crippen LogP contribution in [0, 0.1) is 0 Å². The fourth-order valence-electron chi connectivity index (χ4n) is 1.91. The van der Waals surface area contributed by atoms with Gasteiger partial charge in [0.15, 0.2) is 0 Å². The monoisotopic (exact) mass is 205 g/mol. The lowest BCUT2D eigenvalue weighted by atomic mass is 10.3. The van der Waals surface area contributed by atoms with Crippen LogP contribution in [0.15, 0.2) is 24.4 Å². The number of anilines is 1. The number of hydrogen-bond acceptors (Lipinski definition) is 3. The summed E-state index contributed by atoms with van der Waals surface area (Å²) in [7, 11) is 0. The van der Waals surface area contributed by atoms with E-state index in [-0.39, 0.29) is 11.9 Å². The van der Waals surface area contributed by atoms with Gasteiger partial charge in [-0.1, -0.05) is 6.07 Å². The van der Waals surface area contributed by atoms with Crippen molar-refractivity contribution in [1.82, 2.24) is 10.3 Å². The largest absolute Gasteiger partial charge is 0.354 e. The Morgan fingerprint density at radius 2 is 2.47 bits per heavy atom. The number of aromatic nitrogens is 1. The molecule has 1 fully saturated rings. The van der Waals surface area contributed by atoms with Crippen molar-refractivity contribution in [2.45, 2.75) is 19.4 Å². The van der Waals surface area contributed by atoms with Crippen LogP contribution < -0.4 is 10.2 Å². The van der Waals surface area contributed by atoms with Crippen LogP contribution in [0.2, 0.25) is 0 Å². The molecular weight excluding hydrogens is 190 g/mol. The van der Waals surface area contributed by atoms with Crippen molar-refractivity contribution in [3.05, 3.63) is 24.4 Å². The van der Waals surface area contributed by atoms with E-state index >= 15 is 0 Å². The molecule has 0 radical (unpaired) electrons. The summed E-state index contributed by atoms with van der Waals surface area (Å²) >= 11 is 0. The van der Waals surface area contributed by atoms with Crippen molar-refractivity contribution < 1.29 is 4.79 Å². The van der Waals surface area contributed by atoms with Gasteiger partial charge in [-0.3, -0.25) is 4.79 Å². The van der Waals surface area contributed by atoms with E-state index < -0.39 is 0 Å². The predicted octanol–water partition coefficient (Wildman–Crippen LogP) is 0.796. The van der Waals surface area contributed by atoms with E-state index in [0.29, 0.717) is 0 Å². The first-order valence-electron chi connectivity index (χ1n) is 5.19. The lowest BCUT2D eigenvalue weighted by molar-refractivity contribution is -0.119. The summed E-state index contributed by atoms with van der Waals surface area (Å²) in [6.45, 7) is 3.38. The van der Waals surface area contributed by atoms with Gasteiger partial charge in [0.05, 0.1) is 0 Å².